The molecule has 1 heterocycles. The van der Waals surface area contributed by atoms with Crippen molar-refractivity contribution in [3.05, 3.63) is 83.2 Å². The molecule has 0 radical (unpaired) electrons. The standard InChI is InChI=1S/C21H10F7NO2/c22-12-8-16-15(6-11(12)17-18(25)13(23)7-14(24)19(17)26)29(20(30)21(27,28)31-16)9-10-4-2-1-3-5-10/h1-8H,9H2. The van der Waals surface area contributed by atoms with Gasteiger partial charge in [-0.15, -0.1) is 0 Å². The van der Waals surface area contributed by atoms with Crippen LogP contribution in [0.3, 0.4) is 0 Å². The van der Waals surface area contributed by atoms with Crippen LogP contribution in [0.25, 0.3) is 11.1 Å². The Hall–Kier alpha value is -3.56. The van der Waals surface area contributed by atoms with Crippen molar-refractivity contribution in [2.45, 2.75) is 12.7 Å². The van der Waals surface area contributed by atoms with E-state index in [4.69, 9.17) is 0 Å². The Balaban J connectivity index is 1.92. The molecule has 0 fully saturated rings. The Morgan fingerprint density at radius 3 is 2.06 bits per heavy atom. The van der Waals surface area contributed by atoms with Gasteiger partial charge in [0.1, 0.15) is 5.82 Å². The number of carbonyl (C=O) groups is 1. The highest BCUT2D eigenvalue weighted by Gasteiger charge is 2.51. The number of rotatable bonds is 3. The van der Waals surface area contributed by atoms with Gasteiger partial charge in [0.2, 0.25) is 0 Å². The van der Waals surface area contributed by atoms with Crippen molar-refractivity contribution in [2.24, 2.45) is 0 Å². The summed E-state index contributed by atoms with van der Waals surface area (Å²) in [6.45, 7) is -0.417. The monoisotopic (exact) mass is 441 g/mol. The number of benzene rings is 3. The van der Waals surface area contributed by atoms with E-state index >= 15 is 0 Å². The first-order valence-electron chi connectivity index (χ1n) is 8.69. The van der Waals surface area contributed by atoms with Gasteiger partial charge in [0.25, 0.3) is 0 Å². The normalized spacial score (nSPS) is 14.9. The summed E-state index contributed by atoms with van der Waals surface area (Å²) >= 11 is 0. The molecule has 1 aliphatic heterocycles. The maximum Gasteiger partial charge on any atom is 0.482 e. The first kappa shape index (κ1) is 20.7. The summed E-state index contributed by atoms with van der Waals surface area (Å²) in [4.78, 5) is 12.8. The fraction of sp³-hybridized carbons (Fsp3) is 0.0952. The largest absolute Gasteiger partial charge is 0.482 e. The van der Waals surface area contributed by atoms with Crippen molar-refractivity contribution in [3.63, 3.8) is 0 Å². The minimum Gasteiger partial charge on any atom is -0.423 e. The molecule has 3 nitrogen and oxygen atoms in total. The van der Waals surface area contributed by atoms with Gasteiger partial charge in [0, 0.05) is 17.7 Å². The van der Waals surface area contributed by atoms with E-state index in [0.717, 1.165) is 0 Å². The smallest absolute Gasteiger partial charge is 0.423 e. The lowest BCUT2D eigenvalue weighted by Crippen LogP contribution is -2.50. The molecule has 3 aromatic rings. The first-order valence-corrected chi connectivity index (χ1v) is 8.69. The van der Waals surface area contributed by atoms with Crippen LogP contribution in [-0.4, -0.2) is 12.0 Å². The molecule has 0 aromatic heterocycles. The fourth-order valence-electron chi connectivity index (χ4n) is 3.21. The highest BCUT2D eigenvalue weighted by molar-refractivity contribution is 6.01. The molecule has 0 spiro atoms. The number of alkyl halides is 2. The topological polar surface area (TPSA) is 29.5 Å². The molecule has 0 N–H and O–H groups in total. The summed E-state index contributed by atoms with van der Waals surface area (Å²) in [7, 11) is 0. The van der Waals surface area contributed by atoms with Crippen LogP contribution in [0, 0.1) is 29.1 Å². The van der Waals surface area contributed by atoms with E-state index in [-0.39, 0.29) is 6.07 Å². The molecule has 1 aliphatic rings. The summed E-state index contributed by atoms with van der Waals surface area (Å²) in [5, 5.41) is 0. The highest BCUT2D eigenvalue weighted by Crippen LogP contribution is 2.44. The maximum atomic E-state index is 14.6. The van der Waals surface area contributed by atoms with Gasteiger partial charge in [-0.3, -0.25) is 9.69 Å². The number of amides is 1. The van der Waals surface area contributed by atoms with E-state index in [2.05, 4.69) is 4.74 Å². The average molecular weight is 441 g/mol. The molecular formula is C21H10F7NO2. The van der Waals surface area contributed by atoms with Crippen LogP contribution >= 0.6 is 0 Å². The van der Waals surface area contributed by atoms with E-state index in [1.165, 1.54) is 12.1 Å². The second-order valence-corrected chi connectivity index (χ2v) is 6.64. The third-order valence-corrected chi connectivity index (χ3v) is 4.64. The zero-order chi connectivity index (χ0) is 22.5. The van der Waals surface area contributed by atoms with E-state index in [9.17, 15) is 35.5 Å². The van der Waals surface area contributed by atoms with Crippen LogP contribution in [0.4, 0.5) is 36.4 Å². The minimum absolute atomic E-state index is 0.0562. The van der Waals surface area contributed by atoms with E-state index in [0.29, 0.717) is 22.6 Å². The molecule has 0 saturated carbocycles. The molecule has 0 saturated heterocycles. The summed E-state index contributed by atoms with van der Waals surface area (Å²) in [5.74, 6) is -11.4. The quantitative estimate of drug-likeness (QED) is 0.393. The molecule has 1 amide bonds. The molecule has 0 aliphatic carbocycles. The minimum atomic E-state index is -4.34. The van der Waals surface area contributed by atoms with E-state index in [1.54, 1.807) is 18.2 Å². The zero-order valence-corrected chi connectivity index (χ0v) is 15.2. The molecular weight excluding hydrogens is 431 g/mol. The Labute approximate surface area is 170 Å². The summed E-state index contributed by atoms with van der Waals surface area (Å²) in [6.07, 6.45) is -4.34. The van der Waals surface area contributed by atoms with E-state index < -0.39 is 70.2 Å². The molecule has 4 rings (SSSR count). The number of halogens is 7. The number of nitrogens with zero attached hydrogens (tertiary/aromatic N) is 1. The number of fused-ring (bicyclic) bond motifs is 1. The lowest BCUT2D eigenvalue weighted by Gasteiger charge is -2.34. The maximum absolute atomic E-state index is 14.6. The molecule has 0 atom stereocenters. The predicted molar refractivity (Wildman–Crippen MR) is 94.9 cm³/mol. The Morgan fingerprint density at radius 2 is 1.45 bits per heavy atom. The van der Waals surface area contributed by atoms with Gasteiger partial charge in [-0.25, -0.2) is 22.0 Å². The van der Waals surface area contributed by atoms with Crippen molar-refractivity contribution in [1.82, 2.24) is 0 Å². The van der Waals surface area contributed by atoms with Crippen molar-refractivity contribution in [1.29, 1.82) is 0 Å². The van der Waals surface area contributed by atoms with Crippen LogP contribution in [0.1, 0.15) is 5.56 Å². The van der Waals surface area contributed by atoms with Gasteiger partial charge >= 0.3 is 12.0 Å². The first-order chi connectivity index (χ1) is 14.6. The fourth-order valence-corrected chi connectivity index (χ4v) is 3.21. The van der Waals surface area contributed by atoms with Crippen molar-refractivity contribution < 1.29 is 40.3 Å². The third kappa shape index (κ3) is 3.47. The van der Waals surface area contributed by atoms with Crippen molar-refractivity contribution in [3.8, 4) is 16.9 Å². The molecule has 10 heteroatoms. The molecule has 0 bridgehead atoms. The second-order valence-electron chi connectivity index (χ2n) is 6.64. The van der Waals surface area contributed by atoms with Crippen LogP contribution in [0.2, 0.25) is 0 Å². The van der Waals surface area contributed by atoms with Gasteiger partial charge in [-0.2, -0.15) is 8.78 Å². The highest BCUT2D eigenvalue weighted by atomic mass is 19.3. The second kappa shape index (κ2) is 7.29. The summed E-state index contributed by atoms with van der Waals surface area (Å²) in [6, 6.07) is 8.78. The number of anilines is 1. The average Bonchev–Trinajstić information content (AvgIpc) is 2.71. The van der Waals surface area contributed by atoms with Gasteiger partial charge < -0.3 is 4.74 Å². The zero-order valence-electron chi connectivity index (χ0n) is 15.2. The molecule has 0 unspecified atom stereocenters. The third-order valence-electron chi connectivity index (χ3n) is 4.64. The predicted octanol–water partition coefficient (Wildman–Crippen LogP) is 5.57. The van der Waals surface area contributed by atoms with Crippen LogP contribution in [0.15, 0.2) is 48.5 Å². The number of hydrogen-bond donors (Lipinski definition) is 0. The van der Waals surface area contributed by atoms with Gasteiger partial charge in [-0.1, -0.05) is 30.3 Å². The Morgan fingerprint density at radius 1 is 0.839 bits per heavy atom. The Kier molecular flexibility index (Phi) is 4.87. The van der Waals surface area contributed by atoms with Crippen LogP contribution < -0.4 is 9.64 Å². The lowest BCUT2D eigenvalue weighted by molar-refractivity contribution is -0.193. The number of hydrogen-bond acceptors (Lipinski definition) is 2. The Bertz CT molecular complexity index is 1170. The van der Waals surface area contributed by atoms with Crippen LogP contribution in [0.5, 0.6) is 5.75 Å². The van der Waals surface area contributed by atoms with Crippen molar-refractivity contribution in [2.75, 3.05) is 4.90 Å². The number of ether oxygens (including phenoxy) is 1. The van der Waals surface area contributed by atoms with Gasteiger partial charge in [0.15, 0.2) is 29.0 Å². The number of carbonyl (C=O) groups excluding carboxylic acids is 1. The molecule has 3 aromatic carbocycles. The van der Waals surface area contributed by atoms with Crippen molar-refractivity contribution >= 4 is 11.6 Å². The summed E-state index contributed by atoms with van der Waals surface area (Å²) < 4.78 is 103. The summed E-state index contributed by atoms with van der Waals surface area (Å²) in [5.41, 5.74) is -2.42. The van der Waals surface area contributed by atoms with Crippen LogP contribution in [-0.2, 0) is 11.3 Å². The SMILES string of the molecule is O=C1N(Cc2ccccc2)c2cc(-c3c(F)c(F)cc(F)c3F)c(F)cc2OC1(F)F. The molecule has 160 valence electrons. The van der Waals surface area contributed by atoms with Gasteiger partial charge in [0.05, 0.1) is 17.8 Å². The van der Waals surface area contributed by atoms with E-state index in [1.807, 2.05) is 0 Å². The molecule has 31 heavy (non-hydrogen) atoms. The van der Waals surface area contributed by atoms with Gasteiger partial charge in [-0.05, 0) is 11.6 Å². The lowest BCUT2D eigenvalue weighted by atomic mass is 10.0.